The van der Waals surface area contributed by atoms with Crippen molar-refractivity contribution in [2.75, 3.05) is 13.1 Å². The Kier molecular flexibility index (Phi) is 5.51. The molecule has 1 aliphatic heterocycles. The Balaban J connectivity index is 1.28. The third-order valence-corrected chi connectivity index (χ3v) is 8.13. The molecule has 2 N–H and O–H groups in total. The number of carbonyl (C=O) groups is 1. The highest BCUT2D eigenvalue weighted by atomic mass is 32.2. The van der Waals surface area contributed by atoms with Crippen molar-refractivity contribution in [1.82, 2.24) is 14.6 Å². The molecule has 0 bridgehead atoms. The molecule has 1 fully saturated rings. The molecule has 0 unspecified atom stereocenters. The molecule has 5 rings (SSSR count). The lowest BCUT2D eigenvalue weighted by molar-refractivity contribution is 0.0713. The summed E-state index contributed by atoms with van der Waals surface area (Å²) in [5.41, 5.74) is 4.20. The summed E-state index contributed by atoms with van der Waals surface area (Å²) in [4.78, 5) is 18.6. The monoisotopic (exact) mass is 455 g/mol. The number of hydrogen-bond acceptors (Lipinski definition) is 3. The first-order valence-electron chi connectivity index (χ1n) is 11.1. The van der Waals surface area contributed by atoms with Gasteiger partial charge < -0.3 is 9.88 Å². The van der Waals surface area contributed by atoms with E-state index in [9.17, 15) is 17.6 Å². The Morgan fingerprint density at radius 2 is 1.75 bits per heavy atom. The quantitative estimate of drug-likeness (QED) is 0.628. The maximum atomic E-state index is 13.3. The number of para-hydroxylation sites is 1. The average molecular weight is 456 g/mol. The molecule has 1 amide bonds. The average Bonchev–Trinajstić information content (AvgIpc) is 3.18. The lowest BCUT2D eigenvalue weighted by Crippen LogP contribution is -2.46. The predicted octanol–water partition coefficient (Wildman–Crippen LogP) is 3.77. The van der Waals surface area contributed by atoms with Crippen molar-refractivity contribution in [3.8, 4) is 0 Å². The van der Waals surface area contributed by atoms with E-state index in [4.69, 9.17) is 0 Å². The summed E-state index contributed by atoms with van der Waals surface area (Å²) in [5, 5.41) is 1.15. The highest BCUT2D eigenvalue weighted by Crippen LogP contribution is 2.31. The summed E-state index contributed by atoms with van der Waals surface area (Å²) < 4.78 is 40.9. The van der Waals surface area contributed by atoms with Crippen LogP contribution in [0.3, 0.4) is 0 Å². The van der Waals surface area contributed by atoms with Gasteiger partial charge in [0.05, 0.1) is 16.0 Å². The van der Waals surface area contributed by atoms with Crippen LogP contribution in [0.1, 0.15) is 47.3 Å². The van der Waals surface area contributed by atoms with E-state index in [1.807, 2.05) is 12.1 Å². The second-order valence-electron chi connectivity index (χ2n) is 8.66. The van der Waals surface area contributed by atoms with E-state index < -0.39 is 15.8 Å². The molecule has 1 aromatic heterocycles. The Labute approximate surface area is 186 Å². The summed E-state index contributed by atoms with van der Waals surface area (Å²) in [5.74, 6) is -0.497. The van der Waals surface area contributed by atoms with Crippen LogP contribution in [0.2, 0.25) is 0 Å². The topological polar surface area (TPSA) is 82.3 Å². The molecule has 6 nitrogen and oxygen atoms in total. The number of fused-ring (bicyclic) bond motifs is 3. The molecular formula is C24H26FN3O3S. The number of sulfonamides is 1. The smallest absolute Gasteiger partial charge is 0.255 e. The minimum absolute atomic E-state index is 0.0194. The molecule has 0 spiro atoms. The Bertz CT molecular complexity index is 1260. The van der Waals surface area contributed by atoms with E-state index in [2.05, 4.69) is 15.8 Å². The summed E-state index contributed by atoms with van der Waals surface area (Å²) >= 11 is 0. The largest absolute Gasteiger partial charge is 0.358 e. The van der Waals surface area contributed by atoms with Crippen LogP contribution in [-0.2, 0) is 22.9 Å². The minimum Gasteiger partial charge on any atom is -0.358 e. The number of aromatic amines is 1. The molecule has 168 valence electrons. The number of rotatable bonds is 4. The number of hydrogen-bond donors (Lipinski definition) is 2. The molecule has 2 aliphatic rings. The van der Waals surface area contributed by atoms with Crippen LogP contribution < -0.4 is 4.72 Å². The highest BCUT2D eigenvalue weighted by Gasteiger charge is 2.28. The number of aromatic nitrogens is 1. The van der Waals surface area contributed by atoms with E-state index in [0.717, 1.165) is 35.9 Å². The molecule has 2 aromatic carbocycles. The number of halogens is 1. The molecule has 0 radical (unpaired) electrons. The van der Waals surface area contributed by atoms with Gasteiger partial charge in [0, 0.05) is 30.2 Å². The van der Waals surface area contributed by atoms with Crippen LogP contribution in [0.4, 0.5) is 4.39 Å². The van der Waals surface area contributed by atoms with Crippen LogP contribution in [0.5, 0.6) is 0 Å². The van der Waals surface area contributed by atoms with Crippen molar-refractivity contribution in [2.45, 2.75) is 49.5 Å². The van der Waals surface area contributed by atoms with E-state index in [1.54, 1.807) is 4.90 Å². The van der Waals surface area contributed by atoms with Gasteiger partial charge in [-0.25, -0.2) is 17.5 Å². The van der Waals surface area contributed by atoms with Gasteiger partial charge in [-0.3, -0.25) is 4.79 Å². The zero-order valence-electron chi connectivity index (χ0n) is 17.7. The van der Waals surface area contributed by atoms with Gasteiger partial charge in [0.25, 0.3) is 5.91 Å². The standard InChI is InChI=1S/C24H26FN3O3S/c25-16-8-10-18(11-9-16)32(30,31)27-17-12-14-28(15-13-17)24(29)21-6-3-5-20-19-4-1-2-7-22(19)26-23(20)21/h3,5-6,8-11,17,26-27H,1-2,4,7,12-15H2. The van der Waals surface area contributed by atoms with E-state index in [1.165, 1.54) is 36.2 Å². The van der Waals surface area contributed by atoms with Crippen molar-refractivity contribution in [2.24, 2.45) is 0 Å². The fourth-order valence-corrected chi connectivity index (χ4v) is 6.19. The van der Waals surface area contributed by atoms with Gasteiger partial charge in [-0.05, 0) is 74.4 Å². The van der Waals surface area contributed by atoms with Crippen molar-refractivity contribution in [3.63, 3.8) is 0 Å². The normalized spacial score (nSPS) is 17.5. The molecule has 32 heavy (non-hydrogen) atoms. The first kappa shape index (κ1) is 21.2. The van der Waals surface area contributed by atoms with Crippen LogP contribution >= 0.6 is 0 Å². The Hall–Kier alpha value is -2.71. The van der Waals surface area contributed by atoms with Crippen LogP contribution in [-0.4, -0.2) is 43.3 Å². The Morgan fingerprint density at radius 1 is 1.03 bits per heavy atom. The molecule has 3 aromatic rings. The lowest BCUT2D eigenvalue weighted by atomic mass is 9.95. The highest BCUT2D eigenvalue weighted by molar-refractivity contribution is 7.89. The van der Waals surface area contributed by atoms with Crippen molar-refractivity contribution >= 4 is 26.8 Å². The summed E-state index contributed by atoms with van der Waals surface area (Å²) in [6, 6.07) is 10.4. The van der Waals surface area contributed by atoms with Gasteiger partial charge in [-0.15, -0.1) is 0 Å². The van der Waals surface area contributed by atoms with Crippen LogP contribution in [0.25, 0.3) is 10.9 Å². The van der Waals surface area contributed by atoms with E-state index in [-0.39, 0.29) is 16.8 Å². The zero-order valence-corrected chi connectivity index (χ0v) is 18.6. The third kappa shape index (κ3) is 3.93. The second kappa shape index (κ2) is 8.33. The van der Waals surface area contributed by atoms with Crippen molar-refractivity contribution < 1.29 is 17.6 Å². The number of aryl methyl sites for hydroxylation is 2. The summed E-state index contributed by atoms with van der Waals surface area (Å²) in [6.07, 6.45) is 5.49. The van der Waals surface area contributed by atoms with Gasteiger partial charge in [0.15, 0.2) is 0 Å². The first-order chi connectivity index (χ1) is 15.4. The molecule has 0 saturated carbocycles. The van der Waals surface area contributed by atoms with Gasteiger partial charge >= 0.3 is 0 Å². The molecule has 8 heteroatoms. The number of nitrogens with zero attached hydrogens (tertiary/aromatic N) is 1. The van der Waals surface area contributed by atoms with Gasteiger partial charge in [-0.2, -0.15) is 0 Å². The molecule has 2 heterocycles. The first-order valence-corrected chi connectivity index (χ1v) is 12.6. The molecule has 0 atom stereocenters. The number of nitrogens with one attached hydrogen (secondary N) is 2. The zero-order chi connectivity index (χ0) is 22.3. The number of carbonyl (C=O) groups excluding carboxylic acids is 1. The third-order valence-electron chi connectivity index (χ3n) is 6.59. The fraction of sp³-hybridized carbons (Fsp3) is 0.375. The number of benzene rings is 2. The van der Waals surface area contributed by atoms with Gasteiger partial charge in [0.2, 0.25) is 10.0 Å². The molecule has 1 saturated heterocycles. The van der Waals surface area contributed by atoms with Crippen LogP contribution in [0.15, 0.2) is 47.4 Å². The van der Waals surface area contributed by atoms with Crippen LogP contribution in [0, 0.1) is 5.82 Å². The van der Waals surface area contributed by atoms with Gasteiger partial charge in [0.1, 0.15) is 5.82 Å². The maximum Gasteiger partial charge on any atom is 0.255 e. The Morgan fingerprint density at radius 3 is 2.50 bits per heavy atom. The van der Waals surface area contributed by atoms with Crippen molar-refractivity contribution in [3.05, 3.63) is 65.1 Å². The lowest BCUT2D eigenvalue weighted by Gasteiger charge is -2.32. The number of likely N-dealkylation sites (tertiary alicyclic amines) is 1. The van der Waals surface area contributed by atoms with E-state index in [0.29, 0.717) is 31.5 Å². The predicted molar refractivity (Wildman–Crippen MR) is 121 cm³/mol. The fourth-order valence-electron chi connectivity index (χ4n) is 4.88. The number of amides is 1. The maximum absolute atomic E-state index is 13.3. The van der Waals surface area contributed by atoms with E-state index >= 15 is 0 Å². The molecular weight excluding hydrogens is 429 g/mol. The molecule has 1 aliphatic carbocycles. The SMILES string of the molecule is O=C(c1cccc2c3c([nH]c12)CCCC3)N1CCC(NS(=O)(=O)c2ccc(F)cc2)CC1. The summed E-state index contributed by atoms with van der Waals surface area (Å²) in [6.45, 7) is 0.957. The number of piperidine rings is 1. The minimum atomic E-state index is -3.72. The summed E-state index contributed by atoms with van der Waals surface area (Å²) in [7, 11) is -3.72. The van der Waals surface area contributed by atoms with Gasteiger partial charge in [-0.1, -0.05) is 12.1 Å². The number of H-pyrrole nitrogens is 1. The van der Waals surface area contributed by atoms with Crippen molar-refractivity contribution in [1.29, 1.82) is 0 Å². The second-order valence-corrected chi connectivity index (χ2v) is 10.4.